The highest BCUT2D eigenvalue weighted by Crippen LogP contribution is 2.34. The highest BCUT2D eigenvalue weighted by molar-refractivity contribution is 5.90. The fourth-order valence-corrected chi connectivity index (χ4v) is 3.12. The zero-order chi connectivity index (χ0) is 19.8. The van der Waals surface area contributed by atoms with Gasteiger partial charge in [-0.2, -0.15) is 5.10 Å². The first-order valence-electron chi connectivity index (χ1n) is 9.16. The SMILES string of the molecule is C=Cc1c(/C=N\N)cc(-c2c(C)cccc2F)cc1OC(CC)CCNC. The lowest BCUT2D eigenvalue weighted by atomic mass is 9.95. The van der Waals surface area contributed by atoms with E-state index in [0.29, 0.717) is 11.3 Å². The van der Waals surface area contributed by atoms with Crippen molar-refractivity contribution >= 4 is 12.3 Å². The van der Waals surface area contributed by atoms with Gasteiger partial charge in [0.15, 0.2) is 0 Å². The van der Waals surface area contributed by atoms with E-state index >= 15 is 0 Å². The zero-order valence-electron chi connectivity index (χ0n) is 16.3. The number of hydrogen-bond acceptors (Lipinski definition) is 4. The van der Waals surface area contributed by atoms with Crippen LogP contribution >= 0.6 is 0 Å². The minimum Gasteiger partial charge on any atom is -0.490 e. The van der Waals surface area contributed by atoms with Crippen molar-refractivity contribution in [2.75, 3.05) is 13.6 Å². The van der Waals surface area contributed by atoms with Gasteiger partial charge in [-0.05, 0) is 62.7 Å². The molecule has 0 spiro atoms. The maximum absolute atomic E-state index is 14.5. The summed E-state index contributed by atoms with van der Waals surface area (Å²) < 4.78 is 20.8. The number of ether oxygens (including phenoxy) is 1. The van der Waals surface area contributed by atoms with Gasteiger partial charge in [0.2, 0.25) is 0 Å². The summed E-state index contributed by atoms with van der Waals surface area (Å²) in [6.07, 6.45) is 5.03. The van der Waals surface area contributed by atoms with Crippen LogP contribution in [-0.2, 0) is 0 Å². The van der Waals surface area contributed by atoms with E-state index < -0.39 is 0 Å². The van der Waals surface area contributed by atoms with Crippen LogP contribution in [0.15, 0.2) is 42.0 Å². The fourth-order valence-electron chi connectivity index (χ4n) is 3.12. The molecule has 0 radical (unpaired) electrons. The van der Waals surface area contributed by atoms with Crippen LogP contribution in [0, 0.1) is 12.7 Å². The Morgan fingerprint density at radius 3 is 2.74 bits per heavy atom. The summed E-state index contributed by atoms with van der Waals surface area (Å²) in [5.74, 6) is 5.77. The molecule has 0 aliphatic carbocycles. The largest absolute Gasteiger partial charge is 0.490 e. The van der Waals surface area contributed by atoms with Crippen molar-refractivity contribution in [2.45, 2.75) is 32.8 Å². The first-order chi connectivity index (χ1) is 13.0. The monoisotopic (exact) mass is 369 g/mol. The molecule has 5 heteroatoms. The summed E-state index contributed by atoms with van der Waals surface area (Å²) in [5.41, 5.74) is 3.67. The van der Waals surface area contributed by atoms with Crippen molar-refractivity contribution in [1.29, 1.82) is 0 Å². The summed E-state index contributed by atoms with van der Waals surface area (Å²) in [7, 11) is 1.92. The molecule has 2 aromatic rings. The number of hydrogen-bond donors (Lipinski definition) is 2. The maximum atomic E-state index is 14.5. The van der Waals surface area contributed by atoms with Crippen molar-refractivity contribution in [3.63, 3.8) is 0 Å². The minimum absolute atomic E-state index is 0.0378. The van der Waals surface area contributed by atoms with Gasteiger partial charge in [-0.15, -0.1) is 0 Å². The normalized spacial score (nSPS) is 12.3. The Morgan fingerprint density at radius 1 is 1.37 bits per heavy atom. The molecule has 0 amide bonds. The van der Waals surface area contributed by atoms with Crippen LogP contribution in [0.5, 0.6) is 5.75 Å². The third-order valence-electron chi connectivity index (χ3n) is 4.57. The molecule has 1 unspecified atom stereocenters. The molecule has 0 aliphatic heterocycles. The van der Waals surface area contributed by atoms with E-state index in [1.165, 1.54) is 12.3 Å². The Morgan fingerprint density at radius 2 is 2.15 bits per heavy atom. The minimum atomic E-state index is -0.273. The number of benzene rings is 2. The van der Waals surface area contributed by atoms with E-state index in [4.69, 9.17) is 10.6 Å². The molecule has 0 aromatic heterocycles. The zero-order valence-corrected chi connectivity index (χ0v) is 16.3. The highest BCUT2D eigenvalue weighted by Gasteiger charge is 2.17. The number of rotatable bonds is 9. The number of nitrogens with one attached hydrogen (secondary N) is 1. The fraction of sp³-hybridized carbons (Fsp3) is 0.318. The Bertz CT molecular complexity index is 797. The average molecular weight is 369 g/mol. The molecule has 0 saturated heterocycles. The van der Waals surface area contributed by atoms with Crippen LogP contribution in [0.2, 0.25) is 0 Å². The van der Waals surface area contributed by atoms with E-state index in [0.717, 1.165) is 41.6 Å². The summed E-state index contributed by atoms with van der Waals surface area (Å²) in [6.45, 7) is 8.72. The van der Waals surface area contributed by atoms with Gasteiger partial charge in [-0.3, -0.25) is 0 Å². The van der Waals surface area contributed by atoms with E-state index in [-0.39, 0.29) is 11.9 Å². The third kappa shape index (κ3) is 4.95. The van der Waals surface area contributed by atoms with Crippen LogP contribution in [0.3, 0.4) is 0 Å². The molecule has 144 valence electrons. The topological polar surface area (TPSA) is 59.6 Å². The van der Waals surface area contributed by atoms with Gasteiger partial charge >= 0.3 is 0 Å². The molecule has 2 rings (SSSR count). The van der Waals surface area contributed by atoms with E-state index in [1.54, 1.807) is 12.1 Å². The summed E-state index contributed by atoms with van der Waals surface area (Å²) in [6, 6.07) is 8.79. The van der Waals surface area contributed by atoms with Crippen molar-refractivity contribution < 1.29 is 9.13 Å². The summed E-state index contributed by atoms with van der Waals surface area (Å²) in [5, 5.41) is 6.80. The van der Waals surface area contributed by atoms with Crippen molar-refractivity contribution in [3.8, 4) is 16.9 Å². The van der Waals surface area contributed by atoms with Crippen LogP contribution in [-0.4, -0.2) is 25.9 Å². The molecule has 2 aromatic carbocycles. The van der Waals surface area contributed by atoms with Crippen molar-refractivity contribution in [1.82, 2.24) is 5.32 Å². The van der Waals surface area contributed by atoms with E-state index in [9.17, 15) is 4.39 Å². The molecule has 0 heterocycles. The molecular weight excluding hydrogens is 341 g/mol. The van der Waals surface area contributed by atoms with Gasteiger partial charge in [-0.25, -0.2) is 4.39 Å². The Balaban J connectivity index is 2.60. The molecule has 1 atom stereocenters. The van der Waals surface area contributed by atoms with Gasteiger partial charge in [-0.1, -0.05) is 31.7 Å². The van der Waals surface area contributed by atoms with Crippen molar-refractivity contribution in [3.05, 3.63) is 59.4 Å². The maximum Gasteiger partial charge on any atom is 0.131 e. The highest BCUT2D eigenvalue weighted by atomic mass is 19.1. The lowest BCUT2D eigenvalue weighted by Gasteiger charge is -2.21. The second-order valence-corrected chi connectivity index (χ2v) is 6.43. The Kier molecular flexibility index (Phi) is 7.55. The predicted molar refractivity (Wildman–Crippen MR) is 112 cm³/mol. The lowest BCUT2D eigenvalue weighted by molar-refractivity contribution is 0.186. The Labute approximate surface area is 160 Å². The van der Waals surface area contributed by atoms with Crippen molar-refractivity contribution in [2.24, 2.45) is 10.9 Å². The third-order valence-corrected chi connectivity index (χ3v) is 4.57. The summed E-state index contributed by atoms with van der Waals surface area (Å²) in [4.78, 5) is 0. The van der Waals surface area contributed by atoms with Gasteiger partial charge < -0.3 is 15.9 Å². The molecular formula is C22H28FN3O. The Hall–Kier alpha value is -2.66. The number of nitrogens with two attached hydrogens (primary N) is 1. The number of hydrazone groups is 1. The molecule has 0 fully saturated rings. The van der Waals surface area contributed by atoms with Gasteiger partial charge in [0.25, 0.3) is 0 Å². The van der Waals surface area contributed by atoms with Gasteiger partial charge in [0.05, 0.1) is 12.3 Å². The lowest BCUT2D eigenvalue weighted by Crippen LogP contribution is -2.22. The van der Waals surface area contributed by atoms with Gasteiger partial charge in [0.1, 0.15) is 11.6 Å². The molecule has 0 aliphatic rings. The number of halogens is 1. The quantitative estimate of drug-likeness (QED) is 0.389. The predicted octanol–water partition coefficient (Wildman–Crippen LogP) is 4.50. The standard InChI is InChI=1S/C22H28FN3O/c1-5-18(10-11-25-4)27-21-13-16(12-17(14-26-24)19(21)6-2)22-15(3)8-7-9-20(22)23/h6-9,12-14,18,25H,2,5,10-11,24H2,1,3-4H3/b26-14-. The molecule has 0 bridgehead atoms. The van der Waals surface area contributed by atoms with E-state index in [2.05, 4.69) is 23.9 Å². The first-order valence-corrected chi connectivity index (χ1v) is 9.16. The molecule has 3 N–H and O–H groups in total. The summed E-state index contributed by atoms with van der Waals surface area (Å²) >= 11 is 0. The van der Waals surface area contributed by atoms with Crippen LogP contribution in [0.25, 0.3) is 17.2 Å². The molecule has 27 heavy (non-hydrogen) atoms. The van der Waals surface area contributed by atoms with E-state index in [1.807, 2.05) is 32.2 Å². The average Bonchev–Trinajstić information content (AvgIpc) is 2.65. The van der Waals surface area contributed by atoms with Gasteiger partial charge in [0, 0.05) is 16.7 Å². The second-order valence-electron chi connectivity index (χ2n) is 6.43. The number of nitrogens with zero attached hydrogens (tertiary/aromatic N) is 1. The van der Waals surface area contributed by atoms with Crippen LogP contribution < -0.4 is 15.9 Å². The first kappa shape index (κ1) is 20.6. The van der Waals surface area contributed by atoms with Crippen LogP contribution in [0.4, 0.5) is 4.39 Å². The smallest absolute Gasteiger partial charge is 0.131 e. The second kappa shape index (κ2) is 9.88. The molecule has 4 nitrogen and oxygen atoms in total. The van der Waals surface area contributed by atoms with Crippen LogP contribution in [0.1, 0.15) is 36.5 Å². The number of aryl methyl sites for hydroxylation is 1. The molecule has 0 saturated carbocycles.